The number of carbonyl (C=O) groups is 3. The highest BCUT2D eigenvalue weighted by Crippen LogP contribution is 2.45. The molecule has 0 aliphatic heterocycles. The lowest BCUT2D eigenvalue weighted by molar-refractivity contribution is -0.145. The highest BCUT2D eigenvalue weighted by atomic mass is 80.0. The maximum absolute atomic E-state index is 11.9. The summed E-state index contributed by atoms with van der Waals surface area (Å²) < 4.78 is 4.71. The van der Waals surface area contributed by atoms with Crippen LogP contribution in [-0.2, 0) is 9.59 Å². The van der Waals surface area contributed by atoms with Gasteiger partial charge in [0, 0.05) is 5.56 Å². The van der Waals surface area contributed by atoms with Crippen LogP contribution < -0.4 is 9.50 Å². The number of rotatable bonds is 7. The Hall–Kier alpha value is -0.780. The van der Waals surface area contributed by atoms with Gasteiger partial charge in [-0.25, -0.2) is 4.79 Å². The van der Waals surface area contributed by atoms with Crippen molar-refractivity contribution in [3.8, 4) is 5.75 Å². The van der Waals surface area contributed by atoms with Crippen LogP contribution >= 0.6 is 59.8 Å². The molecule has 3 N–H and O–H groups in total. The molecule has 0 saturated heterocycles. The number of amides is 1. The number of carboxylic acids is 2. The molecule has 0 aliphatic carbocycles. The SMILES string of the molecule is O=C(O)CC(NC(=O)c1ccc(OSC(Br)(Br)Br)cc1)C(=O)O. The standard InChI is InChI=1S/C12H10Br3NO6S/c13-12(14,15)23-22-7-3-1-6(2-4-7)10(19)16-8(11(20)21)5-9(17)18/h1-4,8H,5H2,(H,16,19)(H,17,18)(H,20,21). The summed E-state index contributed by atoms with van der Waals surface area (Å²) in [6.45, 7) is 0. The van der Waals surface area contributed by atoms with E-state index >= 15 is 0 Å². The minimum absolute atomic E-state index is 0.182. The number of carbonyl (C=O) groups excluding carboxylic acids is 1. The fourth-order valence-corrected chi connectivity index (χ4v) is 2.27. The number of carboxylic acid groups (broad SMARTS) is 2. The summed E-state index contributed by atoms with van der Waals surface area (Å²) in [7, 11) is 0. The molecule has 1 aromatic rings. The molecule has 0 aromatic heterocycles. The van der Waals surface area contributed by atoms with Crippen molar-refractivity contribution in [1.29, 1.82) is 0 Å². The molecule has 7 nitrogen and oxygen atoms in total. The van der Waals surface area contributed by atoms with E-state index in [1.165, 1.54) is 24.3 Å². The summed E-state index contributed by atoms with van der Waals surface area (Å²) in [4.78, 5) is 33.4. The van der Waals surface area contributed by atoms with Crippen molar-refractivity contribution in [2.24, 2.45) is 0 Å². The highest BCUT2D eigenvalue weighted by Gasteiger charge is 2.24. The van der Waals surface area contributed by atoms with Gasteiger partial charge in [-0.05, 0) is 72.1 Å². The highest BCUT2D eigenvalue weighted by molar-refractivity contribution is 9.42. The maximum atomic E-state index is 11.9. The Morgan fingerprint density at radius 1 is 1.17 bits per heavy atom. The van der Waals surface area contributed by atoms with Gasteiger partial charge in [0.2, 0.25) is 1.47 Å². The van der Waals surface area contributed by atoms with E-state index in [4.69, 9.17) is 14.4 Å². The van der Waals surface area contributed by atoms with Gasteiger partial charge >= 0.3 is 11.9 Å². The van der Waals surface area contributed by atoms with Crippen molar-refractivity contribution in [2.75, 3.05) is 0 Å². The fourth-order valence-electron chi connectivity index (χ4n) is 1.37. The minimum atomic E-state index is -1.50. The van der Waals surface area contributed by atoms with Crippen LogP contribution in [0.5, 0.6) is 5.75 Å². The van der Waals surface area contributed by atoms with Gasteiger partial charge < -0.3 is 19.7 Å². The lowest BCUT2D eigenvalue weighted by atomic mass is 10.1. The van der Waals surface area contributed by atoms with Crippen molar-refractivity contribution >= 4 is 77.7 Å². The Morgan fingerprint density at radius 2 is 1.74 bits per heavy atom. The van der Waals surface area contributed by atoms with Gasteiger partial charge in [-0.3, -0.25) is 9.59 Å². The van der Waals surface area contributed by atoms with Gasteiger partial charge in [-0.15, -0.1) is 0 Å². The molecule has 23 heavy (non-hydrogen) atoms. The quantitative estimate of drug-likeness (QED) is 0.363. The van der Waals surface area contributed by atoms with Gasteiger partial charge in [0.1, 0.15) is 11.8 Å². The monoisotopic (exact) mass is 533 g/mol. The van der Waals surface area contributed by atoms with Crippen LogP contribution in [0.1, 0.15) is 16.8 Å². The van der Waals surface area contributed by atoms with E-state index in [0.29, 0.717) is 5.75 Å². The molecule has 0 heterocycles. The molecule has 1 rings (SSSR count). The molecule has 1 atom stereocenters. The average Bonchev–Trinajstić information content (AvgIpc) is 2.43. The molecule has 0 saturated carbocycles. The average molecular weight is 536 g/mol. The van der Waals surface area contributed by atoms with E-state index in [1.807, 2.05) is 0 Å². The van der Waals surface area contributed by atoms with E-state index < -0.39 is 31.8 Å². The fraction of sp³-hybridized carbons (Fsp3) is 0.250. The molecule has 0 bridgehead atoms. The van der Waals surface area contributed by atoms with Crippen LogP contribution in [-0.4, -0.2) is 35.6 Å². The van der Waals surface area contributed by atoms with Crippen LogP contribution in [0.25, 0.3) is 0 Å². The summed E-state index contributed by atoms with van der Waals surface area (Å²) in [5.74, 6) is -2.95. The second-order valence-electron chi connectivity index (χ2n) is 4.10. The topological polar surface area (TPSA) is 113 Å². The minimum Gasteiger partial charge on any atom is -0.481 e. The molecular weight excluding hydrogens is 526 g/mol. The van der Waals surface area contributed by atoms with E-state index in [2.05, 4.69) is 53.1 Å². The van der Waals surface area contributed by atoms with Gasteiger partial charge in [0.25, 0.3) is 5.91 Å². The van der Waals surface area contributed by atoms with Crippen molar-refractivity contribution in [3.05, 3.63) is 29.8 Å². The first kappa shape index (κ1) is 20.3. The van der Waals surface area contributed by atoms with E-state index in [-0.39, 0.29) is 5.56 Å². The zero-order valence-electron chi connectivity index (χ0n) is 11.2. The van der Waals surface area contributed by atoms with Crippen LogP contribution in [0.4, 0.5) is 0 Å². The molecule has 1 amide bonds. The Labute approximate surface area is 160 Å². The zero-order chi connectivity index (χ0) is 17.6. The maximum Gasteiger partial charge on any atom is 0.326 e. The number of hydrogen-bond donors (Lipinski definition) is 3. The van der Waals surface area contributed by atoms with Crippen molar-refractivity contribution in [2.45, 2.75) is 13.9 Å². The first-order valence-electron chi connectivity index (χ1n) is 5.86. The third-order valence-corrected chi connectivity index (χ3v) is 3.99. The molecule has 0 spiro atoms. The lowest BCUT2D eigenvalue weighted by Crippen LogP contribution is -2.42. The zero-order valence-corrected chi connectivity index (χ0v) is 16.7. The lowest BCUT2D eigenvalue weighted by Gasteiger charge is -2.13. The Kier molecular flexibility index (Phi) is 7.84. The summed E-state index contributed by atoms with van der Waals surface area (Å²) in [5.41, 5.74) is 0.182. The Balaban J connectivity index is 2.69. The summed E-state index contributed by atoms with van der Waals surface area (Å²) >= 11 is 10.7. The molecule has 1 aromatic carbocycles. The van der Waals surface area contributed by atoms with Gasteiger partial charge in [-0.2, -0.15) is 0 Å². The smallest absolute Gasteiger partial charge is 0.326 e. The van der Waals surface area contributed by atoms with E-state index in [9.17, 15) is 14.4 Å². The molecule has 126 valence electrons. The number of hydrogen-bond acceptors (Lipinski definition) is 5. The van der Waals surface area contributed by atoms with Crippen LogP contribution in [0.2, 0.25) is 0 Å². The normalized spacial score (nSPS) is 12.3. The van der Waals surface area contributed by atoms with E-state index in [0.717, 1.165) is 12.0 Å². The van der Waals surface area contributed by atoms with E-state index in [1.54, 1.807) is 0 Å². The molecule has 1 unspecified atom stereocenters. The van der Waals surface area contributed by atoms with Gasteiger partial charge in [0.05, 0.1) is 18.5 Å². The number of nitrogens with one attached hydrogen (secondary N) is 1. The largest absolute Gasteiger partial charge is 0.481 e. The first-order chi connectivity index (χ1) is 10.6. The Morgan fingerprint density at radius 3 is 2.17 bits per heavy atom. The molecule has 0 radical (unpaired) electrons. The van der Waals surface area contributed by atoms with Crippen molar-refractivity contribution in [3.63, 3.8) is 0 Å². The van der Waals surface area contributed by atoms with Crippen LogP contribution in [0, 0.1) is 0 Å². The van der Waals surface area contributed by atoms with Gasteiger partial charge in [-0.1, -0.05) is 0 Å². The third kappa shape index (κ3) is 8.04. The number of benzene rings is 1. The van der Waals surface area contributed by atoms with Crippen molar-refractivity contribution < 1.29 is 28.8 Å². The predicted octanol–water partition coefficient (Wildman–Crippen LogP) is 3.17. The molecule has 0 aliphatic rings. The summed E-state index contributed by atoms with van der Waals surface area (Å²) in [6.07, 6.45) is -0.706. The van der Waals surface area contributed by atoms with Crippen LogP contribution in [0.15, 0.2) is 24.3 Å². The van der Waals surface area contributed by atoms with Gasteiger partial charge in [0.15, 0.2) is 0 Å². The molecule has 11 heteroatoms. The molecular formula is C12H10Br3NO6S. The van der Waals surface area contributed by atoms with Crippen LogP contribution in [0.3, 0.4) is 0 Å². The third-order valence-electron chi connectivity index (χ3n) is 2.33. The number of alkyl halides is 3. The summed E-state index contributed by atoms with van der Waals surface area (Å²) in [6, 6.07) is 4.41. The molecule has 0 fully saturated rings. The second-order valence-corrected chi connectivity index (χ2v) is 13.4. The Bertz CT molecular complexity index is 589. The predicted molar refractivity (Wildman–Crippen MR) is 95.3 cm³/mol. The number of aliphatic carboxylic acids is 2. The first-order valence-corrected chi connectivity index (χ1v) is 8.98. The van der Waals surface area contributed by atoms with Crippen molar-refractivity contribution in [1.82, 2.24) is 5.32 Å². The summed E-state index contributed by atoms with van der Waals surface area (Å²) in [5, 5.41) is 19.7. The second kappa shape index (κ2) is 8.90. The number of halogens is 3.